The Labute approximate surface area is 159 Å². The predicted molar refractivity (Wildman–Crippen MR) is 101 cm³/mol. The molecule has 0 aromatic heterocycles. The Morgan fingerprint density at radius 1 is 1.37 bits per heavy atom. The van der Waals surface area contributed by atoms with Crippen molar-refractivity contribution in [1.29, 1.82) is 0 Å². The number of aliphatic hydroxyl groups is 2. The Kier molecular flexibility index (Phi) is 6.26. The monoisotopic (exact) mass is 373 g/mol. The van der Waals surface area contributed by atoms with Gasteiger partial charge in [0.05, 0.1) is 17.7 Å². The molecule has 0 bridgehead atoms. The van der Waals surface area contributed by atoms with Crippen molar-refractivity contribution in [1.82, 2.24) is 10.2 Å². The summed E-state index contributed by atoms with van der Waals surface area (Å²) < 4.78 is 0. The zero-order valence-electron chi connectivity index (χ0n) is 15.8. The van der Waals surface area contributed by atoms with E-state index in [0.717, 1.165) is 11.1 Å². The number of terminal acetylenes is 1. The van der Waals surface area contributed by atoms with Crippen LogP contribution in [0.1, 0.15) is 44.4 Å². The normalized spacial score (nSPS) is 22.0. The third-order valence-electron chi connectivity index (χ3n) is 4.83. The summed E-state index contributed by atoms with van der Waals surface area (Å²) in [6.45, 7) is 4.69. The molecule has 2 rings (SSSR count). The largest absolute Gasteiger partial charge is 0.391 e. The molecular formula is C20H27N3O4. The van der Waals surface area contributed by atoms with E-state index in [2.05, 4.69) is 11.2 Å². The van der Waals surface area contributed by atoms with Crippen LogP contribution in [0.4, 0.5) is 0 Å². The Morgan fingerprint density at radius 3 is 2.48 bits per heavy atom. The van der Waals surface area contributed by atoms with Crippen molar-refractivity contribution in [2.24, 2.45) is 5.73 Å². The van der Waals surface area contributed by atoms with Gasteiger partial charge in [-0.1, -0.05) is 18.1 Å². The van der Waals surface area contributed by atoms with Crippen LogP contribution in [0.15, 0.2) is 24.3 Å². The van der Waals surface area contributed by atoms with Crippen molar-refractivity contribution in [3.05, 3.63) is 35.4 Å². The number of likely N-dealkylation sites (tertiary alicyclic amines) is 1. The van der Waals surface area contributed by atoms with E-state index < -0.39 is 29.7 Å². The number of hydrogen-bond acceptors (Lipinski definition) is 5. The molecule has 0 spiro atoms. The smallest absolute Gasteiger partial charge is 0.243 e. The van der Waals surface area contributed by atoms with Gasteiger partial charge in [0.1, 0.15) is 12.1 Å². The molecule has 1 aliphatic rings. The maximum atomic E-state index is 12.7. The number of nitrogens with one attached hydrogen (secondary N) is 1. The number of nitrogens with zero attached hydrogens (tertiary/aromatic N) is 1. The number of aliphatic hydroxyl groups excluding tert-OH is 1. The molecule has 4 atom stereocenters. The van der Waals surface area contributed by atoms with E-state index in [-0.39, 0.29) is 24.9 Å². The van der Waals surface area contributed by atoms with Crippen LogP contribution in [0.3, 0.4) is 0 Å². The number of benzene rings is 1. The van der Waals surface area contributed by atoms with Gasteiger partial charge in [-0.15, -0.1) is 6.42 Å². The highest BCUT2D eigenvalue weighted by molar-refractivity contribution is 5.91. The van der Waals surface area contributed by atoms with Gasteiger partial charge in [-0.2, -0.15) is 0 Å². The summed E-state index contributed by atoms with van der Waals surface area (Å²) in [6, 6.07) is 4.90. The molecule has 1 fully saturated rings. The molecule has 27 heavy (non-hydrogen) atoms. The van der Waals surface area contributed by atoms with E-state index in [0.29, 0.717) is 0 Å². The Balaban J connectivity index is 2.10. The second kappa shape index (κ2) is 8.09. The molecule has 1 aliphatic heterocycles. The fraction of sp³-hybridized carbons (Fsp3) is 0.500. The van der Waals surface area contributed by atoms with Crippen molar-refractivity contribution >= 4 is 11.8 Å². The quantitative estimate of drug-likeness (QED) is 0.538. The van der Waals surface area contributed by atoms with Crippen molar-refractivity contribution in [3.8, 4) is 12.3 Å². The summed E-state index contributed by atoms with van der Waals surface area (Å²) in [5, 5.41) is 22.8. The third kappa shape index (κ3) is 4.86. The molecule has 7 nitrogen and oxygen atoms in total. The van der Waals surface area contributed by atoms with E-state index >= 15 is 0 Å². The van der Waals surface area contributed by atoms with Gasteiger partial charge >= 0.3 is 0 Å². The maximum Gasteiger partial charge on any atom is 0.243 e. The number of β-amino-alcohol motifs (C(OH)–C–C–N with tert-alkyl or cyclic N) is 1. The molecule has 0 aliphatic carbocycles. The minimum Gasteiger partial charge on any atom is -0.391 e. The van der Waals surface area contributed by atoms with E-state index in [1.807, 2.05) is 19.1 Å². The average Bonchev–Trinajstić information content (AvgIpc) is 3.01. The van der Waals surface area contributed by atoms with E-state index in [1.54, 1.807) is 12.1 Å². The molecular weight excluding hydrogens is 346 g/mol. The van der Waals surface area contributed by atoms with E-state index in [4.69, 9.17) is 12.2 Å². The van der Waals surface area contributed by atoms with Gasteiger partial charge < -0.3 is 26.2 Å². The number of hydrogen-bond donors (Lipinski definition) is 4. The van der Waals surface area contributed by atoms with Crippen LogP contribution in [-0.2, 0) is 9.59 Å². The van der Waals surface area contributed by atoms with Gasteiger partial charge in [-0.3, -0.25) is 9.59 Å². The SMILES string of the molecule is C#Cc1ccc(C(C)NC(=O)[C@@H]2C[C@@H](O)CN2C(=O)C(N)C(C)(C)O)cc1. The van der Waals surface area contributed by atoms with Crippen LogP contribution in [0.5, 0.6) is 0 Å². The third-order valence-corrected chi connectivity index (χ3v) is 4.83. The summed E-state index contributed by atoms with van der Waals surface area (Å²) in [4.78, 5) is 26.6. The van der Waals surface area contributed by atoms with Crippen LogP contribution < -0.4 is 11.1 Å². The minimum absolute atomic E-state index is 0.00590. The van der Waals surface area contributed by atoms with Crippen molar-refractivity contribution in [3.63, 3.8) is 0 Å². The average molecular weight is 373 g/mol. The Hall–Kier alpha value is -2.40. The summed E-state index contributed by atoms with van der Waals surface area (Å²) in [5.41, 5.74) is 6.01. The van der Waals surface area contributed by atoms with E-state index in [1.165, 1.54) is 18.7 Å². The second-order valence-electron chi connectivity index (χ2n) is 7.52. The van der Waals surface area contributed by atoms with Gasteiger partial charge in [0, 0.05) is 18.5 Å². The van der Waals surface area contributed by atoms with Gasteiger partial charge in [-0.25, -0.2) is 0 Å². The molecule has 1 saturated heterocycles. The predicted octanol–water partition coefficient (Wildman–Crippen LogP) is -0.0949. The molecule has 5 N–H and O–H groups in total. The van der Waals surface area contributed by atoms with Crippen molar-refractivity contribution < 1.29 is 19.8 Å². The van der Waals surface area contributed by atoms with Gasteiger partial charge in [-0.05, 0) is 38.5 Å². The maximum absolute atomic E-state index is 12.7. The standard InChI is InChI=1S/C20H27N3O4/c1-5-13-6-8-14(9-7-13)12(2)22-18(25)16-10-15(24)11-23(16)19(26)17(21)20(3,4)27/h1,6-9,12,15-17,24,27H,10-11,21H2,2-4H3,(H,22,25)/t12?,15-,16+,17?/m1/s1. The first-order valence-corrected chi connectivity index (χ1v) is 8.88. The zero-order chi connectivity index (χ0) is 20.4. The van der Waals surface area contributed by atoms with Crippen LogP contribution in [0, 0.1) is 12.3 Å². The molecule has 2 amide bonds. The van der Waals surface area contributed by atoms with Crippen LogP contribution >= 0.6 is 0 Å². The van der Waals surface area contributed by atoms with Crippen LogP contribution in [-0.4, -0.2) is 57.3 Å². The number of carbonyl (C=O) groups excluding carboxylic acids is 2. The summed E-state index contributed by atoms with van der Waals surface area (Å²) in [6.07, 6.45) is 4.65. The minimum atomic E-state index is -1.43. The first-order valence-electron chi connectivity index (χ1n) is 8.88. The summed E-state index contributed by atoms with van der Waals surface area (Å²) in [7, 11) is 0. The lowest BCUT2D eigenvalue weighted by atomic mass is 9.98. The number of rotatable bonds is 5. The molecule has 1 heterocycles. The number of nitrogens with two attached hydrogens (primary N) is 1. The first-order chi connectivity index (χ1) is 12.5. The van der Waals surface area contributed by atoms with E-state index in [9.17, 15) is 19.8 Å². The second-order valence-corrected chi connectivity index (χ2v) is 7.52. The Bertz CT molecular complexity index is 733. The number of carbonyl (C=O) groups is 2. The van der Waals surface area contributed by atoms with Gasteiger partial charge in [0.15, 0.2) is 0 Å². The summed E-state index contributed by atoms with van der Waals surface area (Å²) >= 11 is 0. The molecule has 0 radical (unpaired) electrons. The fourth-order valence-corrected chi connectivity index (χ4v) is 3.05. The van der Waals surface area contributed by atoms with Gasteiger partial charge in [0.2, 0.25) is 11.8 Å². The lowest BCUT2D eigenvalue weighted by molar-refractivity contribution is -0.143. The van der Waals surface area contributed by atoms with Crippen molar-refractivity contribution in [2.75, 3.05) is 6.54 Å². The fourth-order valence-electron chi connectivity index (χ4n) is 3.05. The number of amides is 2. The zero-order valence-corrected chi connectivity index (χ0v) is 15.8. The molecule has 1 aromatic rings. The molecule has 2 unspecified atom stereocenters. The summed E-state index contributed by atoms with van der Waals surface area (Å²) in [5.74, 6) is 1.59. The first kappa shape index (κ1) is 20.9. The van der Waals surface area contributed by atoms with Crippen molar-refractivity contribution in [2.45, 2.75) is 57.0 Å². The highest BCUT2D eigenvalue weighted by Gasteiger charge is 2.43. The topological polar surface area (TPSA) is 116 Å². The molecule has 0 saturated carbocycles. The Morgan fingerprint density at radius 2 is 1.96 bits per heavy atom. The van der Waals surface area contributed by atoms with Crippen LogP contribution in [0.25, 0.3) is 0 Å². The highest BCUT2D eigenvalue weighted by Crippen LogP contribution is 2.22. The molecule has 1 aromatic carbocycles. The van der Waals surface area contributed by atoms with Gasteiger partial charge in [0.25, 0.3) is 0 Å². The lowest BCUT2D eigenvalue weighted by Crippen LogP contribution is -2.58. The molecule has 146 valence electrons. The highest BCUT2D eigenvalue weighted by atomic mass is 16.3. The van der Waals surface area contributed by atoms with Crippen LogP contribution in [0.2, 0.25) is 0 Å². The molecule has 7 heteroatoms. The lowest BCUT2D eigenvalue weighted by Gasteiger charge is -2.32.